The molecule has 2 rings (SSSR count). The molecule has 0 bridgehead atoms. The smallest absolute Gasteiger partial charge is 0.251 e. The van der Waals surface area contributed by atoms with Crippen molar-refractivity contribution < 1.29 is 8.78 Å². The molecule has 4 nitrogen and oxygen atoms in total. The molecule has 0 atom stereocenters. The first-order valence-electron chi connectivity index (χ1n) is 5.28. The van der Waals surface area contributed by atoms with Gasteiger partial charge in [0.25, 0.3) is 5.56 Å². The average molecular weight is 338 g/mol. The summed E-state index contributed by atoms with van der Waals surface area (Å²) in [5, 5.41) is -0.391. The molecule has 0 aliphatic heterocycles. The third-order valence-corrected chi connectivity index (χ3v) is 3.96. The Morgan fingerprint density at radius 2 is 1.85 bits per heavy atom. The normalized spacial score (nSPS) is 10.8. The largest absolute Gasteiger partial charge is 0.301 e. The molecule has 0 saturated heterocycles. The average Bonchev–Trinajstić information content (AvgIpc) is 2.35. The minimum absolute atomic E-state index is 0.0421. The van der Waals surface area contributed by atoms with E-state index in [1.54, 1.807) is 6.92 Å². The van der Waals surface area contributed by atoms with Crippen molar-refractivity contribution in [3.8, 4) is 0 Å². The van der Waals surface area contributed by atoms with Crippen molar-refractivity contribution in [2.45, 2.75) is 17.8 Å². The topological polar surface area (TPSA) is 58.6 Å². The standard InChI is InChI=1S/C11H7Cl2F2N3OS/c1-4-2-6(19)17-11(16-4)20-3-5-7(12)9(14)18-10(15)8(5)13/h2H,3H2,1H3,(H,16,17,19). The highest BCUT2D eigenvalue weighted by Crippen LogP contribution is 2.32. The lowest BCUT2D eigenvalue weighted by atomic mass is 10.3. The minimum atomic E-state index is -1.13. The van der Waals surface area contributed by atoms with Crippen molar-refractivity contribution in [2.75, 3.05) is 0 Å². The molecule has 0 unspecified atom stereocenters. The van der Waals surface area contributed by atoms with Gasteiger partial charge in [-0.1, -0.05) is 35.0 Å². The van der Waals surface area contributed by atoms with Crippen molar-refractivity contribution >= 4 is 35.0 Å². The maximum atomic E-state index is 13.2. The zero-order valence-electron chi connectivity index (χ0n) is 10.0. The Kier molecular flexibility index (Phi) is 4.62. The van der Waals surface area contributed by atoms with Crippen LogP contribution in [0.2, 0.25) is 10.0 Å². The van der Waals surface area contributed by atoms with Gasteiger partial charge in [-0.3, -0.25) is 4.79 Å². The fourth-order valence-electron chi connectivity index (χ4n) is 1.42. The van der Waals surface area contributed by atoms with E-state index in [0.717, 1.165) is 11.8 Å². The van der Waals surface area contributed by atoms with Gasteiger partial charge in [0.05, 0.1) is 0 Å². The van der Waals surface area contributed by atoms with Gasteiger partial charge >= 0.3 is 0 Å². The van der Waals surface area contributed by atoms with Crippen molar-refractivity contribution in [3.05, 3.63) is 49.6 Å². The van der Waals surface area contributed by atoms with E-state index in [4.69, 9.17) is 23.2 Å². The summed E-state index contributed by atoms with van der Waals surface area (Å²) in [7, 11) is 0. The number of H-pyrrole nitrogens is 1. The molecule has 0 aromatic carbocycles. The Labute approximate surface area is 126 Å². The van der Waals surface area contributed by atoms with Gasteiger partial charge in [0, 0.05) is 23.1 Å². The van der Waals surface area contributed by atoms with E-state index in [1.165, 1.54) is 6.07 Å². The summed E-state index contributed by atoms with van der Waals surface area (Å²) >= 11 is 12.5. The van der Waals surface area contributed by atoms with Crippen LogP contribution in [0.5, 0.6) is 0 Å². The number of thioether (sulfide) groups is 1. The summed E-state index contributed by atoms with van der Waals surface area (Å²) in [5.41, 5.74) is 0.275. The highest BCUT2D eigenvalue weighted by molar-refractivity contribution is 7.98. The quantitative estimate of drug-likeness (QED) is 0.530. The second kappa shape index (κ2) is 6.07. The highest BCUT2D eigenvalue weighted by atomic mass is 35.5. The van der Waals surface area contributed by atoms with E-state index in [2.05, 4.69) is 15.0 Å². The molecule has 106 valence electrons. The molecular formula is C11H7Cl2F2N3OS. The SMILES string of the molecule is Cc1cc(=O)[nH]c(SCc2c(Cl)c(F)nc(F)c2Cl)n1. The summed E-state index contributed by atoms with van der Waals surface area (Å²) in [6, 6.07) is 1.33. The number of hydrogen-bond acceptors (Lipinski definition) is 4. The fourth-order valence-corrected chi connectivity index (χ4v) is 2.98. The number of aromatic amines is 1. The number of nitrogens with zero attached hydrogens (tertiary/aromatic N) is 2. The van der Waals surface area contributed by atoms with Gasteiger partial charge in [-0.15, -0.1) is 0 Å². The summed E-state index contributed by atoms with van der Waals surface area (Å²) in [4.78, 5) is 20.8. The van der Waals surface area contributed by atoms with Crippen molar-refractivity contribution in [3.63, 3.8) is 0 Å². The lowest BCUT2D eigenvalue weighted by Gasteiger charge is -2.07. The number of nitrogens with one attached hydrogen (secondary N) is 1. The van der Waals surface area contributed by atoms with Gasteiger partial charge in [-0.25, -0.2) is 4.98 Å². The second-order valence-corrected chi connectivity index (χ2v) is 5.50. The molecule has 0 fully saturated rings. The van der Waals surface area contributed by atoms with Crippen LogP contribution in [0.4, 0.5) is 8.78 Å². The maximum Gasteiger partial charge on any atom is 0.251 e. The Hall–Kier alpha value is -1.18. The molecule has 2 aromatic heterocycles. The van der Waals surface area contributed by atoms with Gasteiger partial charge in [-0.2, -0.15) is 13.8 Å². The lowest BCUT2D eigenvalue weighted by Crippen LogP contribution is -2.08. The first-order valence-corrected chi connectivity index (χ1v) is 7.02. The summed E-state index contributed by atoms with van der Waals surface area (Å²) < 4.78 is 26.5. The molecule has 2 aromatic rings. The number of aromatic nitrogens is 3. The molecule has 2 heterocycles. The fraction of sp³-hybridized carbons (Fsp3) is 0.182. The van der Waals surface area contributed by atoms with Crippen molar-refractivity contribution in [1.29, 1.82) is 0 Å². The van der Waals surface area contributed by atoms with E-state index in [1.807, 2.05) is 0 Å². The third-order valence-electron chi connectivity index (χ3n) is 2.29. The lowest BCUT2D eigenvalue weighted by molar-refractivity contribution is 0.511. The molecular weight excluding hydrogens is 331 g/mol. The Morgan fingerprint density at radius 1 is 1.25 bits per heavy atom. The molecule has 0 amide bonds. The van der Waals surface area contributed by atoms with Crippen molar-refractivity contribution in [2.24, 2.45) is 0 Å². The first-order chi connectivity index (χ1) is 9.38. The maximum absolute atomic E-state index is 13.2. The van der Waals surface area contributed by atoms with E-state index < -0.39 is 11.9 Å². The number of hydrogen-bond donors (Lipinski definition) is 1. The van der Waals surface area contributed by atoms with E-state index in [-0.39, 0.29) is 26.9 Å². The third kappa shape index (κ3) is 3.28. The van der Waals surface area contributed by atoms with Crippen LogP contribution in [0.1, 0.15) is 11.3 Å². The summed E-state index contributed by atoms with van der Waals surface area (Å²) in [5.74, 6) is -2.22. The zero-order chi connectivity index (χ0) is 14.9. The van der Waals surface area contributed by atoms with Crippen molar-refractivity contribution in [1.82, 2.24) is 15.0 Å². The number of pyridine rings is 1. The molecule has 0 saturated carbocycles. The molecule has 0 radical (unpaired) electrons. The van der Waals surface area contributed by atoms with Crippen LogP contribution in [-0.4, -0.2) is 15.0 Å². The monoisotopic (exact) mass is 337 g/mol. The number of aryl methyl sites for hydroxylation is 1. The summed E-state index contributed by atoms with van der Waals surface area (Å²) in [6.07, 6.45) is 0. The molecule has 1 N–H and O–H groups in total. The van der Waals surface area contributed by atoms with Gasteiger partial charge < -0.3 is 4.98 Å². The van der Waals surface area contributed by atoms with Gasteiger partial charge in [0.2, 0.25) is 11.9 Å². The molecule has 0 aliphatic rings. The van der Waals surface area contributed by atoms with Crippen LogP contribution in [0.3, 0.4) is 0 Å². The zero-order valence-corrected chi connectivity index (χ0v) is 12.3. The van der Waals surface area contributed by atoms with Gasteiger partial charge in [0.1, 0.15) is 10.0 Å². The minimum Gasteiger partial charge on any atom is -0.301 e. The summed E-state index contributed by atoms with van der Waals surface area (Å²) in [6.45, 7) is 1.66. The van der Waals surface area contributed by atoms with Crippen LogP contribution in [-0.2, 0) is 5.75 Å². The number of halogens is 4. The predicted molar refractivity (Wildman–Crippen MR) is 73.3 cm³/mol. The van der Waals surface area contributed by atoms with Crippen LogP contribution in [0.25, 0.3) is 0 Å². The predicted octanol–water partition coefficient (Wildman–Crippen LogP) is 3.35. The molecule has 9 heteroatoms. The van der Waals surface area contributed by atoms with Gasteiger partial charge in [0.15, 0.2) is 5.16 Å². The number of rotatable bonds is 3. The van der Waals surface area contributed by atoms with Crippen LogP contribution < -0.4 is 5.56 Å². The van der Waals surface area contributed by atoms with Gasteiger partial charge in [-0.05, 0) is 6.92 Å². The first kappa shape index (κ1) is 15.2. The van der Waals surface area contributed by atoms with Crippen LogP contribution in [0, 0.1) is 18.8 Å². The van der Waals surface area contributed by atoms with E-state index in [0.29, 0.717) is 10.9 Å². The second-order valence-electron chi connectivity index (χ2n) is 3.78. The Balaban J connectivity index is 2.29. The molecule has 20 heavy (non-hydrogen) atoms. The Bertz CT molecular complexity index is 697. The van der Waals surface area contributed by atoms with E-state index >= 15 is 0 Å². The van der Waals surface area contributed by atoms with Crippen LogP contribution >= 0.6 is 35.0 Å². The Morgan fingerprint density at radius 3 is 2.40 bits per heavy atom. The van der Waals surface area contributed by atoms with Crippen LogP contribution in [0.15, 0.2) is 16.0 Å². The molecule has 0 aliphatic carbocycles. The molecule has 0 spiro atoms. The van der Waals surface area contributed by atoms with E-state index in [9.17, 15) is 13.6 Å². The highest BCUT2D eigenvalue weighted by Gasteiger charge is 2.18.